The number of fused-ring (bicyclic) bond motifs is 2. The number of hydrogen-bond donors (Lipinski definition) is 0. The highest BCUT2D eigenvalue weighted by molar-refractivity contribution is 6.39. The standard InChI is InChI=1S/C40H29NO4/c1-24-16-20-26(21-17-24)33-39(35(42)29-12-6-7-13-30(29)36(39)43)34(27-22-18-25(2)19-23-27)41(28-10-4-3-5-11-28)40(33)37(44)31-14-8-9-15-32(31)38(40)45/h3-23,33-34H,1-2H3/t33-,34+/m1/s1. The van der Waals surface area contributed by atoms with Crippen LogP contribution in [0, 0.1) is 19.3 Å². The predicted molar refractivity (Wildman–Crippen MR) is 172 cm³/mol. The summed E-state index contributed by atoms with van der Waals surface area (Å²) in [6, 6.07) is 37.4. The molecule has 2 atom stereocenters. The first-order valence-electron chi connectivity index (χ1n) is 15.2. The van der Waals surface area contributed by atoms with E-state index >= 15 is 19.2 Å². The van der Waals surface area contributed by atoms with E-state index in [2.05, 4.69) is 0 Å². The van der Waals surface area contributed by atoms with E-state index in [0.717, 1.165) is 11.1 Å². The third-order valence-corrected chi connectivity index (χ3v) is 10.1. The van der Waals surface area contributed by atoms with Crippen molar-refractivity contribution in [3.8, 4) is 0 Å². The molecule has 0 radical (unpaired) electrons. The summed E-state index contributed by atoms with van der Waals surface area (Å²) in [6.45, 7) is 3.93. The van der Waals surface area contributed by atoms with E-state index in [1.807, 2.05) is 97.6 Å². The SMILES string of the molecule is Cc1ccc([C@@H]2N(c3ccccc3)C3(C(=O)c4ccccc4C3=O)[C@H](c3ccc(C)cc3)C23C(=O)c2ccccc2C3=O)cc1. The molecule has 1 heterocycles. The Labute approximate surface area is 261 Å². The number of anilines is 1. The number of hydrogen-bond acceptors (Lipinski definition) is 5. The van der Waals surface area contributed by atoms with Crippen molar-refractivity contribution in [3.05, 3.63) is 172 Å². The Hall–Kier alpha value is -5.42. The molecular formula is C40H29NO4. The first kappa shape index (κ1) is 27.2. The highest BCUT2D eigenvalue weighted by atomic mass is 16.2. The van der Waals surface area contributed by atoms with Gasteiger partial charge in [-0.1, -0.05) is 126 Å². The molecule has 3 aliphatic rings. The van der Waals surface area contributed by atoms with Crippen LogP contribution in [0.15, 0.2) is 127 Å². The zero-order valence-electron chi connectivity index (χ0n) is 24.9. The van der Waals surface area contributed by atoms with E-state index in [4.69, 9.17) is 0 Å². The molecule has 8 rings (SSSR count). The van der Waals surface area contributed by atoms with Crippen molar-refractivity contribution < 1.29 is 19.2 Å². The van der Waals surface area contributed by atoms with Gasteiger partial charge in [0.1, 0.15) is 5.41 Å². The maximum atomic E-state index is 15.3. The van der Waals surface area contributed by atoms with Gasteiger partial charge in [0.25, 0.3) is 0 Å². The van der Waals surface area contributed by atoms with Gasteiger partial charge >= 0.3 is 0 Å². The third-order valence-electron chi connectivity index (χ3n) is 10.1. The van der Waals surface area contributed by atoms with E-state index in [1.165, 1.54) is 0 Å². The van der Waals surface area contributed by atoms with Gasteiger partial charge in [-0.2, -0.15) is 0 Å². The number of benzene rings is 5. The van der Waals surface area contributed by atoms with Crippen LogP contribution in [0.5, 0.6) is 0 Å². The molecule has 2 aliphatic carbocycles. The van der Waals surface area contributed by atoms with Gasteiger partial charge in [-0.3, -0.25) is 19.2 Å². The summed E-state index contributed by atoms with van der Waals surface area (Å²) in [6.07, 6.45) is 0. The molecule has 1 aliphatic heterocycles. The molecule has 2 spiro atoms. The van der Waals surface area contributed by atoms with E-state index in [0.29, 0.717) is 39.1 Å². The Morgan fingerprint density at radius 3 is 1.33 bits per heavy atom. The zero-order valence-corrected chi connectivity index (χ0v) is 24.9. The minimum absolute atomic E-state index is 0.302. The highest BCUT2D eigenvalue weighted by Gasteiger charge is 2.80. The van der Waals surface area contributed by atoms with Gasteiger partial charge < -0.3 is 4.90 Å². The third kappa shape index (κ3) is 3.33. The van der Waals surface area contributed by atoms with Crippen LogP contribution in [0.3, 0.4) is 0 Å². The second kappa shape index (κ2) is 9.54. The lowest BCUT2D eigenvalue weighted by Gasteiger charge is -2.40. The average molecular weight is 588 g/mol. The number of carbonyl (C=O) groups excluding carboxylic acids is 4. The quantitative estimate of drug-likeness (QED) is 0.204. The van der Waals surface area contributed by atoms with E-state index in [-0.39, 0.29) is 11.6 Å². The molecule has 0 bridgehead atoms. The molecule has 5 nitrogen and oxygen atoms in total. The smallest absolute Gasteiger partial charge is 0.197 e. The molecule has 1 fully saturated rings. The van der Waals surface area contributed by atoms with Gasteiger partial charge in [-0.05, 0) is 37.1 Å². The molecule has 5 aromatic carbocycles. The summed E-state index contributed by atoms with van der Waals surface area (Å²) in [5, 5.41) is 0. The van der Waals surface area contributed by atoms with Crippen LogP contribution in [0.1, 0.15) is 75.6 Å². The Balaban J connectivity index is 1.58. The lowest BCUT2D eigenvalue weighted by Crippen LogP contribution is -2.57. The maximum Gasteiger partial charge on any atom is 0.197 e. The molecule has 45 heavy (non-hydrogen) atoms. The molecule has 5 aromatic rings. The fraction of sp³-hybridized carbons (Fsp3) is 0.150. The summed E-state index contributed by atoms with van der Waals surface area (Å²) < 4.78 is 0. The predicted octanol–water partition coefficient (Wildman–Crippen LogP) is 7.53. The summed E-state index contributed by atoms with van der Waals surface area (Å²) in [5.41, 5.74) is 1.36. The largest absolute Gasteiger partial charge is 0.343 e. The number of ketones is 4. The Kier molecular flexibility index (Phi) is 5.76. The number of rotatable bonds is 3. The number of nitrogens with zero attached hydrogens (tertiary/aromatic N) is 1. The monoisotopic (exact) mass is 587 g/mol. The Bertz CT molecular complexity index is 1990. The topological polar surface area (TPSA) is 71.5 Å². The zero-order chi connectivity index (χ0) is 31.1. The first-order chi connectivity index (χ1) is 21.8. The first-order valence-corrected chi connectivity index (χ1v) is 15.2. The normalized spacial score (nSPS) is 20.7. The minimum atomic E-state index is -1.91. The fourth-order valence-corrected chi connectivity index (χ4v) is 8.21. The summed E-state index contributed by atoms with van der Waals surface area (Å²) >= 11 is 0. The van der Waals surface area contributed by atoms with Crippen LogP contribution < -0.4 is 4.90 Å². The van der Waals surface area contributed by atoms with Crippen LogP contribution in [-0.4, -0.2) is 28.7 Å². The molecular weight excluding hydrogens is 558 g/mol. The number of para-hydroxylation sites is 1. The van der Waals surface area contributed by atoms with Crippen LogP contribution in [-0.2, 0) is 0 Å². The average Bonchev–Trinajstić information content (AvgIpc) is 3.57. The highest BCUT2D eigenvalue weighted by Crippen LogP contribution is 2.69. The van der Waals surface area contributed by atoms with Crippen LogP contribution in [0.25, 0.3) is 0 Å². The van der Waals surface area contributed by atoms with Crippen LogP contribution in [0.2, 0.25) is 0 Å². The maximum absolute atomic E-state index is 15.3. The van der Waals surface area contributed by atoms with Crippen LogP contribution >= 0.6 is 0 Å². The van der Waals surface area contributed by atoms with Crippen molar-refractivity contribution in [2.24, 2.45) is 5.41 Å². The molecule has 0 amide bonds. The lowest BCUT2D eigenvalue weighted by molar-refractivity contribution is 0.0620. The van der Waals surface area contributed by atoms with Gasteiger partial charge in [0.15, 0.2) is 28.7 Å². The van der Waals surface area contributed by atoms with Crippen molar-refractivity contribution in [1.82, 2.24) is 0 Å². The van der Waals surface area contributed by atoms with E-state index < -0.39 is 34.5 Å². The summed E-state index contributed by atoms with van der Waals surface area (Å²) in [5.74, 6) is -2.66. The second-order valence-corrected chi connectivity index (χ2v) is 12.4. The van der Waals surface area contributed by atoms with E-state index in [1.54, 1.807) is 48.5 Å². The molecule has 5 heteroatoms. The summed E-state index contributed by atoms with van der Waals surface area (Å²) in [4.78, 5) is 62.8. The van der Waals surface area contributed by atoms with Gasteiger partial charge in [0, 0.05) is 33.9 Å². The van der Waals surface area contributed by atoms with Gasteiger partial charge in [-0.15, -0.1) is 0 Å². The fourth-order valence-electron chi connectivity index (χ4n) is 8.21. The Morgan fingerprint density at radius 1 is 0.467 bits per heavy atom. The van der Waals surface area contributed by atoms with Gasteiger partial charge in [0.2, 0.25) is 0 Å². The second-order valence-electron chi connectivity index (χ2n) is 12.4. The van der Waals surface area contributed by atoms with Crippen molar-refractivity contribution in [2.45, 2.75) is 31.3 Å². The molecule has 1 saturated heterocycles. The van der Waals surface area contributed by atoms with Crippen molar-refractivity contribution in [2.75, 3.05) is 4.90 Å². The Morgan fingerprint density at radius 2 is 0.867 bits per heavy atom. The minimum Gasteiger partial charge on any atom is -0.343 e. The van der Waals surface area contributed by atoms with Gasteiger partial charge in [0.05, 0.1) is 6.04 Å². The molecule has 0 unspecified atom stereocenters. The molecule has 0 aromatic heterocycles. The lowest BCUT2D eigenvalue weighted by atomic mass is 9.59. The van der Waals surface area contributed by atoms with Crippen molar-refractivity contribution in [1.29, 1.82) is 0 Å². The molecule has 218 valence electrons. The van der Waals surface area contributed by atoms with Gasteiger partial charge in [-0.25, -0.2) is 0 Å². The molecule has 0 N–H and O–H groups in total. The molecule has 0 saturated carbocycles. The van der Waals surface area contributed by atoms with Crippen LogP contribution in [0.4, 0.5) is 5.69 Å². The van der Waals surface area contributed by atoms with Crippen molar-refractivity contribution >= 4 is 28.8 Å². The number of Topliss-reactive ketones (excluding diaryl/α,β-unsaturated/α-hetero) is 4. The number of aryl methyl sites for hydroxylation is 2. The summed E-state index contributed by atoms with van der Waals surface area (Å²) in [7, 11) is 0. The number of carbonyl (C=O) groups is 4. The van der Waals surface area contributed by atoms with Crippen molar-refractivity contribution in [3.63, 3.8) is 0 Å². The van der Waals surface area contributed by atoms with E-state index in [9.17, 15) is 0 Å².